The molecule has 1 aromatic rings. The van der Waals surface area contributed by atoms with Crippen molar-refractivity contribution in [2.75, 3.05) is 6.61 Å². The molecule has 0 bridgehead atoms. The predicted octanol–water partition coefficient (Wildman–Crippen LogP) is 1.51. The van der Waals surface area contributed by atoms with Crippen LogP contribution in [0.3, 0.4) is 0 Å². The number of nitrogens with one attached hydrogen (secondary N) is 1. The Morgan fingerprint density at radius 3 is 2.43 bits per heavy atom. The quantitative estimate of drug-likeness (QED) is 0.767. The molecule has 1 aliphatic carbocycles. The van der Waals surface area contributed by atoms with Crippen molar-refractivity contribution in [3.63, 3.8) is 0 Å². The van der Waals surface area contributed by atoms with Crippen LogP contribution in [-0.4, -0.2) is 28.7 Å². The van der Waals surface area contributed by atoms with Gasteiger partial charge in [0, 0.05) is 0 Å². The lowest BCUT2D eigenvalue weighted by atomic mass is 9.89. The molecule has 114 valence electrons. The lowest BCUT2D eigenvalue weighted by Crippen LogP contribution is -2.49. The van der Waals surface area contributed by atoms with Gasteiger partial charge in [-0.2, -0.15) is 0 Å². The van der Waals surface area contributed by atoms with E-state index in [0.29, 0.717) is 12.8 Å². The summed E-state index contributed by atoms with van der Waals surface area (Å²) in [5.41, 5.74) is -0.102. The number of carboxylic acid groups (broad SMARTS) is 1. The van der Waals surface area contributed by atoms with E-state index < -0.39 is 23.3 Å². The fourth-order valence-corrected chi connectivity index (χ4v) is 2.94. The molecule has 1 aromatic carbocycles. The zero-order valence-corrected chi connectivity index (χ0v) is 12.1. The number of hydrogen-bond donors (Lipinski definition) is 3. The number of carbonyl (C=O) groups is 2. The summed E-state index contributed by atoms with van der Waals surface area (Å²) in [6.07, 6.45) is 1.87. The van der Waals surface area contributed by atoms with Crippen molar-refractivity contribution in [1.29, 1.82) is 0 Å². The first kappa shape index (κ1) is 15.5. The van der Waals surface area contributed by atoms with Crippen molar-refractivity contribution in [2.24, 2.45) is 11.8 Å². The Hall–Kier alpha value is -1.88. The molecular formula is C16H21NO4. The van der Waals surface area contributed by atoms with Crippen LogP contribution in [0.2, 0.25) is 0 Å². The van der Waals surface area contributed by atoms with Gasteiger partial charge in [0.25, 0.3) is 0 Å². The molecule has 3 N–H and O–H groups in total. The number of rotatable bonds is 5. The Balaban J connectivity index is 2.15. The van der Waals surface area contributed by atoms with Gasteiger partial charge in [-0.05, 0) is 25.3 Å². The Morgan fingerprint density at radius 1 is 1.24 bits per heavy atom. The van der Waals surface area contributed by atoms with Gasteiger partial charge in [-0.25, -0.2) is 0 Å². The van der Waals surface area contributed by atoms with Gasteiger partial charge in [0.2, 0.25) is 5.91 Å². The number of amides is 1. The normalized spacial score (nSPS) is 24.3. The Bertz CT molecular complexity index is 516. The molecule has 0 heterocycles. The van der Waals surface area contributed by atoms with Crippen molar-refractivity contribution >= 4 is 11.9 Å². The second-order valence-corrected chi connectivity index (χ2v) is 5.83. The minimum absolute atomic E-state index is 0.243. The summed E-state index contributed by atoms with van der Waals surface area (Å²) in [5.74, 6) is -2.35. The number of aliphatic hydroxyl groups excluding tert-OH is 1. The molecule has 0 aliphatic heterocycles. The molecule has 3 atom stereocenters. The van der Waals surface area contributed by atoms with Crippen molar-refractivity contribution < 1.29 is 19.8 Å². The lowest BCUT2D eigenvalue weighted by molar-refractivity contribution is -0.146. The minimum atomic E-state index is -0.918. The molecule has 0 spiro atoms. The Kier molecular flexibility index (Phi) is 4.63. The van der Waals surface area contributed by atoms with Gasteiger partial charge in [0.05, 0.1) is 24.0 Å². The number of benzene rings is 1. The van der Waals surface area contributed by atoms with Gasteiger partial charge in [0.1, 0.15) is 0 Å². The SMILES string of the molecule is CC(CO)(NC(=O)C1CCCC1C(=O)O)c1ccccc1. The predicted molar refractivity (Wildman–Crippen MR) is 77.5 cm³/mol. The number of carbonyl (C=O) groups excluding carboxylic acids is 1. The maximum atomic E-state index is 12.4. The number of hydrogen-bond acceptors (Lipinski definition) is 3. The highest BCUT2D eigenvalue weighted by atomic mass is 16.4. The molecule has 0 saturated heterocycles. The van der Waals surface area contributed by atoms with Crippen molar-refractivity contribution in [1.82, 2.24) is 5.32 Å². The molecule has 1 saturated carbocycles. The van der Waals surface area contributed by atoms with Crippen LogP contribution < -0.4 is 5.32 Å². The highest BCUT2D eigenvalue weighted by Gasteiger charge is 2.40. The van der Waals surface area contributed by atoms with Crippen LogP contribution >= 0.6 is 0 Å². The van der Waals surface area contributed by atoms with E-state index in [9.17, 15) is 19.8 Å². The van der Waals surface area contributed by atoms with Crippen LogP contribution in [0.1, 0.15) is 31.7 Å². The monoisotopic (exact) mass is 291 g/mol. The summed E-state index contributed by atoms with van der Waals surface area (Å²) in [4.78, 5) is 23.6. The molecule has 1 fully saturated rings. The largest absolute Gasteiger partial charge is 0.481 e. The third-order valence-electron chi connectivity index (χ3n) is 4.30. The number of aliphatic hydroxyl groups is 1. The van der Waals surface area contributed by atoms with Gasteiger partial charge in [-0.15, -0.1) is 0 Å². The minimum Gasteiger partial charge on any atom is -0.481 e. The smallest absolute Gasteiger partial charge is 0.307 e. The molecule has 3 unspecified atom stereocenters. The van der Waals surface area contributed by atoms with E-state index in [-0.39, 0.29) is 12.5 Å². The van der Waals surface area contributed by atoms with Crippen LogP contribution in [0.5, 0.6) is 0 Å². The highest BCUT2D eigenvalue weighted by molar-refractivity contribution is 5.85. The summed E-state index contributed by atoms with van der Waals surface area (Å²) in [5, 5.41) is 21.7. The van der Waals surface area contributed by atoms with Crippen molar-refractivity contribution in [2.45, 2.75) is 31.7 Å². The number of aliphatic carboxylic acids is 1. The van der Waals surface area contributed by atoms with E-state index in [4.69, 9.17) is 0 Å². The fourth-order valence-electron chi connectivity index (χ4n) is 2.94. The third kappa shape index (κ3) is 3.24. The van der Waals surface area contributed by atoms with Gasteiger partial charge in [-0.3, -0.25) is 9.59 Å². The van der Waals surface area contributed by atoms with Crippen LogP contribution in [0, 0.1) is 11.8 Å². The average molecular weight is 291 g/mol. The zero-order valence-electron chi connectivity index (χ0n) is 12.1. The maximum absolute atomic E-state index is 12.4. The second-order valence-electron chi connectivity index (χ2n) is 5.83. The van der Waals surface area contributed by atoms with Gasteiger partial charge >= 0.3 is 5.97 Å². The summed E-state index contributed by atoms with van der Waals surface area (Å²) >= 11 is 0. The summed E-state index contributed by atoms with van der Waals surface area (Å²) in [6.45, 7) is 1.50. The summed E-state index contributed by atoms with van der Waals surface area (Å²) in [7, 11) is 0. The van der Waals surface area contributed by atoms with E-state index in [1.54, 1.807) is 6.92 Å². The molecular weight excluding hydrogens is 270 g/mol. The lowest BCUT2D eigenvalue weighted by Gasteiger charge is -2.31. The second kappa shape index (κ2) is 6.26. The van der Waals surface area contributed by atoms with Crippen LogP contribution in [0.4, 0.5) is 0 Å². The molecule has 21 heavy (non-hydrogen) atoms. The van der Waals surface area contributed by atoms with Gasteiger partial charge in [0.15, 0.2) is 0 Å². The standard InChI is InChI=1S/C16H21NO4/c1-16(10-18,11-6-3-2-4-7-11)17-14(19)12-8-5-9-13(12)15(20)21/h2-4,6-7,12-13,18H,5,8-10H2,1H3,(H,17,19)(H,20,21). The molecule has 2 rings (SSSR count). The Morgan fingerprint density at radius 2 is 1.86 bits per heavy atom. The van der Waals surface area contributed by atoms with Crippen molar-refractivity contribution in [3.8, 4) is 0 Å². The zero-order chi connectivity index (χ0) is 15.5. The third-order valence-corrected chi connectivity index (χ3v) is 4.30. The molecule has 0 radical (unpaired) electrons. The molecule has 0 aromatic heterocycles. The fraction of sp³-hybridized carbons (Fsp3) is 0.500. The van der Waals surface area contributed by atoms with E-state index in [0.717, 1.165) is 12.0 Å². The van der Waals surface area contributed by atoms with E-state index in [1.807, 2.05) is 30.3 Å². The average Bonchev–Trinajstić information content (AvgIpc) is 2.98. The van der Waals surface area contributed by atoms with Crippen molar-refractivity contribution in [3.05, 3.63) is 35.9 Å². The molecule has 1 aliphatic rings. The topological polar surface area (TPSA) is 86.6 Å². The first-order valence-electron chi connectivity index (χ1n) is 7.19. The first-order chi connectivity index (χ1) is 9.98. The van der Waals surface area contributed by atoms with E-state index >= 15 is 0 Å². The molecule has 5 heteroatoms. The highest BCUT2D eigenvalue weighted by Crippen LogP contribution is 2.33. The molecule has 1 amide bonds. The number of carboxylic acids is 1. The van der Waals surface area contributed by atoms with Crippen LogP contribution in [-0.2, 0) is 15.1 Å². The van der Waals surface area contributed by atoms with E-state index in [2.05, 4.69) is 5.32 Å². The molecule has 5 nitrogen and oxygen atoms in total. The Labute approximate surface area is 124 Å². The summed E-state index contributed by atoms with van der Waals surface area (Å²) < 4.78 is 0. The summed E-state index contributed by atoms with van der Waals surface area (Å²) in [6, 6.07) is 9.20. The van der Waals surface area contributed by atoms with Gasteiger partial charge in [-0.1, -0.05) is 36.8 Å². The first-order valence-corrected chi connectivity index (χ1v) is 7.19. The van der Waals surface area contributed by atoms with Gasteiger partial charge < -0.3 is 15.5 Å². The van der Waals surface area contributed by atoms with Crippen LogP contribution in [0.25, 0.3) is 0 Å². The maximum Gasteiger partial charge on any atom is 0.307 e. The van der Waals surface area contributed by atoms with E-state index in [1.165, 1.54) is 0 Å². The van der Waals surface area contributed by atoms with Crippen LogP contribution in [0.15, 0.2) is 30.3 Å².